The third-order valence-electron chi connectivity index (χ3n) is 6.15. The van der Waals surface area contributed by atoms with Gasteiger partial charge in [-0.3, -0.25) is 9.59 Å². The van der Waals surface area contributed by atoms with Crippen LogP contribution in [0.4, 0.5) is 0 Å². The van der Waals surface area contributed by atoms with Gasteiger partial charge in [-0.05, 0) is 61.8 Å². The number of hydrogen-bond acceptors (Lipinski definition) is 6. The van der Waals surface area contributed by atoms with Crippen LogP contribution in [0.15, 0.2) is 24.3 Å². The first-order chi connectivity index (χ1) is 17.3. The number of Topliss-reactive ketones (excluding diaryl/α,β-unsaturated/α-hetero) is 1. The lowest BCUT2D eigenvalue weighted by atomic mass is 9.92. The van der Waals surface area contributed by atoms with Gasteiger partial charge < -0.3 is 24.4 Å². The fourth-order valence-corrected chi connectivity index (χ4v) is 3.53. The normalized spacial score (nSPS) is 12.9. The summed E-state index contributed by atoms with van der Waals surface area (Å²) in [6.07, 6.45) is 2.92. The minimum absolute atomic E-state index is 0.0826. The quantitative estimate of drug-likeness (QED) is 0.277. The van der Waals surface area contributed by atoms with E-state index >= 15 is 0 Å². The van der Waals surface area contributed by atoms with Gasteiger partial charge in [0.25, 0.3) is 0 Å². The molecule has 0 aliphatic rings. The van der Waals surface area contributed by atoms with Crippen LogP contribution in [0.3, 0.4) is 0 Å². The summed E-state index contributed by atoms with van der Waals surface area (Å²) in [5, 5.41) is 3.05. The molecule has 1 rings (SSSR count). The van der Waals surface area contributed by atoms with Crippen molar-refractivity contribution in [2.75, 3.05) is 53.2 Å². The number of carbonyl (C=O) groups is 2. The van der Waals surface area contributed by atoms with Crippen molar-refractivity contribution in [1.82, 2.24) is 10.2 Å². The molecule has 7 heteroatoms. The number of ketones is 1. The van der Waals surface area contributed by atoms with Crippen LogP contribution in [0.25, 0.3) is 0 Å². The number of hydrogen-bond donors (Lipinski definition) is 1. The topological polar surface area (TPSA) is 77.1 Å². The lowest BCUT2D eigenvalue weighted by Crippen LogP contribution is -2.37. The van der Waals surface area contributed by atoms with Gasteiger partial charge in [0.2, 0.25) is 5.91 Å². The second-order valence-corrected chi connectivity index (χ2v) is 12.1. The highest BCUT2D eigenvalue weighted by atomic mass is 16.5. The Bertz CT molecular complexity index is 781. The average Bonchev–Trinajstić information content (AvgIpc) is 2.80. The van der Waals surface area contributed by atoms with E-state index in [1.807, 2.05) is 29.2 Å². The molecule has 0 saturated heterocycles. The molecule has 0 unspecified atom stereocenters. The predicted octanol–water partition coefficient (Wildman–Crippen LogP) is 4.91. The number of likely N-dealkylation sites (N-methyl/N-ethyl adjacent to an activating group) is 1. The van der Waals surface area contributed by atoms with Crippen LogP contribution in [0, 0.1) is 10.8 Å². The molecule has 1 aromatic rings. The summed E-state index contributed by atoms with van der Waals surface area (Å²) in [5.74, 6) is 0.961. The van der Waals surface area contributed by atoms with Gasteiger partial charge in [0.05, 0.1) is 38.8 Å². The Balaban J connectivity index is 2.46. The molecule has 0 aliphatic carbocycles. The Hall–Kier alpha value is -1.96. The van der Waals surface area contributed by atoms with Crippen LogP contribution in [0.2, 0.25) is 0 Å². The first kappa shape index (κ1) is 33.1. The van der Waals surface area contributed by atoms with Crippen molar-refractivity contribution in [3.05, 3.63) is 29.8 Å². The van der Waals surface area contributed by atoms with Gasteiger partial charge >= 0.3 is 0 Å². The predicted molar refractivity (Wildman–Crippen MR) is 150 cm³/mol. The molecule has 37 heavy (non-hydrogen) atoms. The van der Waals surface area contributed by atoms with Crippen molar-refractivity contribution >= 4 is 11.7 Å². The monoisotopic (exact) mass is 520 g/mol. The van der Waals surface area contributed by atoms with Gasteiger partial charge in [-0.15, -0.1) is 0 Å². The molecular formula is C30H52N2O5. The number of ether oxygens (including phenoxy) is 3. The maximum absolute atomic E-state index is 12.9. The van der Waals surface area contributed by atoms with Crippen LogP contribution in [-0.2, 0) is 25.5 Å². The molecule has 1 N–H and O–H groups in total. The smallest absolute Gasteiger partial charge is 0.225 e. The van der Waals surface area contributed by atoms with Gasteiger partial charge in [0.15, 0.2) is 0 Å². The maximum atomic E-state index is 12.9. The first-order valence-electron chi connectivity index (χ1n) is 13.6. The maximum Gasteiger partial charge on any atom is 0.225 e. The van der Waals surface area contributed by atoms with E-state index < -0.39 is 0 Å². The Morgan fingerprint density at radius 3 is 1.97 bits per heavy atom. The zero-order valence-corrected chi connectivity index (χ0v) is 24.7. The largest absolute Gasteiger partial charge is 0.492 e. The van der Waals surface area contributed by atoms with Gasteiger partial charge in [-0.1, -0.05) is 53.7 Å². The van der Waals surface area contributed by atoms with Gasteiger partial charge in [-0.25, -0.2) is 0 Å². The Morgan fingerprint density at radius 1 is 0.838 bits per heavy atom. The van der Waals surface area contributed by atoms with E-state index in [2.05, 4.69) is 46.9 Å². The summed E-state index contributed by atoms with van der Waals surface area (Å²) in [5.41, 5.74) is 1.48. The number of nitrogens with one attached hydrogen (secondary N) is 1. The van der Waals surface area contributed by atoms with Crippen molar-refractivity contribution in [2.45, 2.75) is 80.2 Å². The molecule has 0 spiro atoms. The van der Waals surface area contributed by atoms with Crippen LogP contribution in [-0.4, -0.2) is 75.8 Å². The minimum atomic E-state index is -0.181. The number of amides is 1. The van der Waals surface area contributed by atoms with Crippen molar-refractivity contribution in [3.8, 4) is 5.75 Å². The van der Waals surface area contributed by atoms with E-state index in [0.717, 1.165) is 30.8 Å². The number of benzene rings is 1. The molecule has 0 heterocycles. The van der Waals surface area contributed by atoms with E-state index in [1.165, 1.54) is 0 Å². The van der Waals surface area contributed by atoms with Crippen molar-refractivity contribution in [1.29, 1.82) is 0 Å². The highest BCUT2D eigenvalue weighted by molar-refractivity contribution is 5.81. The third-order valence-corrected chi connectivity index (χ3v) is 6.15. The van der Waals surface area contributed by atoms with Crippen LogP contribution in [0.5, 0.6) is 5.75 Å². The molecule has 0 bridgehead atoms. The Labute approximate surface area is 225 Å². The van der Waals surface area contributed by atoms with E-state index in [0.29, 0.717) is 52.4 Å². The standard InChI is InChI=1S/C30H52N2O5/c1-24(33)27(31-8)23-25-9-11-26(12-10-25)37-20-17-32(16-14-29(2,3)4)28(34)13-18-35-21-22-36-19-15-30(5,6)7/h9-12,27,31H,13-23H2,1-8H3/t27-/m0/s1. The molecule has 0 aromatic heterocycles. The average molecular weight is 521 g/mol. The lowest BCUT2D eigenvalue weighted by Gasteiger charge is -2.27. The summed E-state index contributed by atoms with van der Waals surface area (Å²) in [6, 6.07) is 7.62. The summed E-state index contributed by atoms with van der Waals surface area (Å²) in [4.78, 5) is 26.4. The highest BCUT2D eigenvalue weighted by Gasteiger charge is 2.18. The van der Waals surface area contributed by atoms with Crippen molar-refractivity contribution < 1.29 is 23.8 Å². The summed E-state index contributed by atoms with van der Waals surface area (Å²) < 4.78 is 17.2. The second-order valence-electron chi connectivity index (χ2n) is 12.1. The van der Waals surface area contributed by atoms with Crippen LogP contribution >= 0.6 is 0 Å². The molecule has 0 radical (unpaired) electrons. The molecular weight excluding hydrogens is 468 g/mol. The molecule has 1 aromatic carbocycles. The summed E-state index contributed by atoms with van der Waals surface area (Å²) >= 11 is 0. The molecule has 0 fully saturated rings. The summed E-state index contributed by atoms with van der Waals surface area (Å²) in [6.45, 7) is 18.5. The second kappa shape index (κ2) is 16.8. The number of rotatable bonds is 18. The molecule has 1 amide bonds. The molecule has 212 valence electrons. The lowest BCUT2D eigenvalue weighted by molar-refractivity contribution is -0.133. The highest BCUT2D eigenvalue weighted by Crippen LogP contribution is 2.20. The van der Waals surface area contributed by atoms with E-state index in [1.54, 1.807) is 14.0 Å². The fourth-order valence-electron chi connectivity index (χ4n) is 3.53. The molecule has 7 nitrogen and oxygen atoms in total. The summed E-state index contributed by atoms with van der Waals surface area (Å²) in [7, 11) is 1.80. The van der Waals surface area contributed by atoms with E-state index in [9.17, 15) is 9.59 Å². The number of nitrogens with zero attached hydrogens (tertiary/aromatic N) is 1. The van der Waals surface area contributed by atoms with Gasteiger partial charge in [0.1, 0.15) is 18.1 Å². The SMILES string of the molecule is CN[C@@H](Cc1ccc(OCCN(CCC(C)(C)C)C(=O)CCOCCOCCC(C)(C)C)cc1)C(C)=O. The van der Waals surface area contributed by atoms with Crippen molar-refractivity contribution in [3.63, 3.8) is 0 Å². The first-order valence-corrected chi connectivity index (χ1v) is 13.6. The number of carbonyl (C=O) groups excluding carboxylic acids is 2. The fraction of sp³-hybridized carbons (Fsp3) is 0.733. The molecule has 0 saturated carbocycles. The molecule has 1 atom stereocenters. The minimum Gasteiger partial charge on any atom is -0.492 e. The van der Waals surface area contributed by atoms with E-state index in [-0.39, 0.29) is 28.6 Å². The van der Waals surface area contributed by atoms with Gasteiger partial charge in [0, 0.05) is 13.2 Å². The zero-order valence-electron chi connectivity index (χ0n) is 24.7. The van der Waals surface area contributed by atoms with E-state index in [4.69, 9.17) is 14.2 Å². The molecule has 0 aliphatic heterocycles. The van der Waals surface area contributed by atoms with Gasteiger partial charge in [-0.2, -0.15) is 0 Å². The Kier molecular flexibility index (Phi) is 15.0. The van der Waals surface area contributed by atoms with Crippen LogP contribution < -0.4 is 10.1 Å². The Morgan fingerprint density at radius 2 is 1.43 bits per heavy atom. The third kappa shape index (κ3) is 16.5. The zero-order chi connectivity index (χ0) is 27.9. The van der Waals surface area contributed by atoms with Crippen molar-refractivity contribution in [2.24, 2.45) is 10.8 Å². The van der Waals surface area contributed by atoms with Crippen LogP contribution in [0.1, 0.15) is 73.3 Å².